The molecular formula is C4H9N2O+. The van der Waals surface area contributed by atoms with Crippen LogP contribution in [0, 0.1) is 0 Å². The van der Waals surface area contributed by atoms with Gasteiger partial charge in [-0.3, -0.25) is 0 Å². The van der Waals surface area contributed by atoms with E-state index in [-0.39, 0.29) is 0 Å². The van der Waals surface area contributed by atoms with Crippen LogP contribution in [0.1, 0.15) is 6.92 Å². The molecule has 0 saturated heterocycles. The molecule has 3 nitrogen and oxygen atoms in total. The first-order chi connectivity index (χ1) is 3.43. The quantitative estimate of drug-likeness (QED) is 0.452. The second-order valence-corrected chi connectivity index (χ2v) is 1.43. The first kappa shape index (κ1) is 4.59. The molecule has 0 aromatic rings. The van der Waals surface area contributed by atoms with E-state index >= 15 is 0 Å². The smallest absolute Gasteiger partial charge is 0.239 e. The van der Waals surface area contributed by atoms with E-state index in [1.165, 1.54) is 0 Å². The SMILES string of the molecule is CC[N+]1=CNOC1. The molecule has 1 aliphatic heterocycles. The van der Waals surface area contributed by atoms with E-state index in [1.54, 1.807) is 0 Å². The van der Waals surface area contributed by atoms with Gasteiger partial charge in [0.2, 0.25) is 6.73 Å². The van der Waals surface area contributed by atoms with E-state index in [9.17, 15) is 0 Å². The normalized spacial score (nSPS) is 18.7. The number of hydrogen-bond donors (Lipinski definition) is 1. The Hall–Kier alpha value is -0.570. The van der Waals surface area contributed by atoms with Gasteiger partial charge in [0.1, 0.15) is 0 Å². The minimum absolute atomic E-state index is 0.677. The number of nitrogens with zero attached hydrogens (tertiary/aromatic N) is 1. The zero-order valence-corrected chi connectivity index (χ0v) is 4.35. The molecule has 0 aromatic carbocycles. The number of nitrogens with one attached hydrogen (secondary N) is 1. The molecule has 0 spiro atoms. The van der Waals surface area contributed by atoms with Gasteiger partial charge in [0, 0.05) is 0 Å². The summed E-state index contributed by atoms with van der Waals surface area (Å²) in [5, 5.41) is 0. The molecule has 0 radical (unpaired) electrons. The van der Waals surface area contributed by atoms with E-state index in [4.69, 9.17) is 4.84 Å². The third-order valence-corrected chi connectivity index (χ3v) is 0.955. The standard InChI is InChI=1S/C4H8N2O/c1-2-6-3-5-7-4-6/h3H,2,4H2,1H3/p+1. The third-order valence-electron chi connectivity index (χ3n) is 0.955. The van der Waals surface area contributed by atoms with Gasteiger partial charge < -0.3 is 0 Å². The van der Waals surface area contributed by atoms with E-state index in [2.05, 4.69) is 12.4 Å². The molecule has 1 heterocycles. The van der Waals surface area contributed by atoms with E-state index in [0.29, 0.717) is 6.73 Å². The minimum Gasteiger partial charge on any atom is -0.239 e. The third kappa shape index (κ3) is 0.899. The largest absolute Gasteiger partial charge is 0.264 e. The minimum atomic E-state index is 0.677. The van der Waals surface area contributed by atoms with Crippen molar-refractivity contribution >= 4 is 6.34 Å². The highest BCUT2D eigenvalue weighted by atomic mass is 16.7. The highest BCUT2D eigenvalue weighted by Crippen LogP contribution is 1.77. The van der Waals surface area contributed by atoms with Crippen LogP contribution in [0.5, 0.6) is 0 Å². The van der Waals surface area contributed by atoms with Crippen LogP contribution < -0.4 is 5.48 Å². The Balaban J connectivity index is 2.36. The van der Waals surface area contributed by atoms with Crippen LogP contribution in [-0.2, 0) is 4.84 Å². The van der Waals surface area contributed by atoms with Crippen LogP contribution in [0.15, 0.2) is 0 Å². The molecule has 0 bridgehead atoms. The molecule has 1 rings (SSSR count). The monoisotopic (exact) mass is 101 g/mol. The van der Waals surface area contributed by atoms with Gasteiger partial charge >= 0.3 is 0 Å². The first-order valence-electron chi connectivity index (χ1n) is 2.38. The fourth-order valence-corrected chi connectivity index (χ4v) is 0.452. The fraction of sp³-hybridized carbons (Fsp3) is 0.750. The molecule has 40 valence electrons. The lowest BCUT2D eigenvalue weighted by Gasteiger charge is -1.86. The lowest BCUT2D eigenvalue weighted by Crippen LogP contribution is -2.07. The maximum atomic E-state index is 4.77. The number of rotatable bonds is 1. The van der Waals surface area contributed by atoms with Gasteiger partial charge in [0.05, 0.1) is 6.54 Å². The Bertz CT molecular complexity index is 89.7. The summed E-state index contributed by atoms with van der Waals surface area (Å²) in [6.07, 6.45) is 1.82. The topological polar surface area (TPSA) is 24.3 Å². The van der Waals surface area contributed by atoms with Crippen LogP contribution in [0.4, 0.5) is 0 Å². The molecule has 0 amide bonds. The maximum Gasteiger partial charge on any atom is 0.264 e. The van der Waals surface area contributed by atoms with E-state index < -0.39 is 0 Å². The van der Waals surface area contributed by atoms with Gasteiger partial charge in [0.15, 0.2) is 0 Å². The van der Waals surface area contributed by atoms with Crippen molar-refractivity contribution in [1.29, 1.82) is 0 Å². The van der Waals surface area contributed by atoms with Crippen LogP contribution in [-0.4, -0.2) is 24.2 Å². The molecule has 0 unspecified atom stereocenters. The molecule has 0 fully saturated rings. The summed E-state index contributed by atoms with van der Waals surface area (Å²) in [6, 6.07) is 0. The summed E-state index contributed by atoms with van der Waals surface area (Å²) >= 11 is 0. The molecule has 0 saturated carbocycles. The Kier molecular flexibility index (Phi) is 1.26. The predicted molar refractivity (Wildman–Crippen MR) is 26.0 cm³/mol. The van der Waals surface area contributed by atoms with Crippen molar-refractivity contribution in [2.75, 3.05) is 13.3 Å². The molecule has 0 aromatic heterocycles. The summed E-state index contributed by atoms with van der Waals surface area (Å²) in [7, 11) is 0. The van der Waals surface area contributed by atoms with E-state index in [1.807, 2.05) is 10.9 Å². The average molecular weight is 101 g/mol. The second kappa shape index (κ2) is 1.93. The summed E-state index contributed by atoms with van der Waals surface area (Å²) in [4.78, 5) is 4.77. The van der Waals surface area contributed by atoms with Crippen molar-refractivity contribution in [3.63, 3.8) is 0 Å². The molecule has 7 heavy (non-hydrogen) atoms. The molecule has 0 aliphatic carbocycles. The second-order valence-electron chi connectivity index (χ2n) is 1.43. The van der Waals surface area contributed by atoms with Crippen LogP contribution in [0.25, 0.3) is 0 Å². The summed E-state index contributed by atoms with van der Waals surface area (Å²) < 4.78 is 2.03. The highest BCUT2D eigenvalue weighted by molar-refractivity contribution is 5.46. The lowest BCUT2D eigenvalue weighted by molar-refractivity contribution is -0.544. The first-order valence-corrected chi connectivity index (χ1v) is 2.38. The van der Waals surface area contributed by atoms with Crippen molar-refractivity contribution < 1.29 is 9.41 Å². The van der Waals surface area contributed by atoms with Gasteiger partial charge in [-0.05, 0) is 6.92 Å². The van der Waals surface area contributed by atoms with E-state index in [0.717, 1.165) is 6.54 Å². The van der Waals surface area contributed by atoms with Gasteiger partial charge in [-0.15, -0.1) is 5.48 Å². The molecule has 1 N–H and O–H groups in total. The summed E-state index contributed by atoms with van der Waals surface area (Å²) in [6.45, 7) is 3.76. The van der Waals surface area contributed by atoms with Crippen molar-refractivity contribution in [1.82, 2.24) is 5.48 Å². The fourth-order valence-electron chi connectivity index (χ4n) is 0.452. The zero-order valence-electron chi connectivity index (χ0n) is 4.35. The maximum absolute atomic E-state index is 4.77. The highest BCUT2D eigenvalue weighted by Gasteiger charge is 2.04. The van der Waals surface area contributed by atoms with Crippen molar-refractivity contribution in [3.8, 4) is 0 Å². The Morgan fingerprint density at radius 2 is 2.86 bits per heavy atom. The Morgan fingerprint density at radius 1 is 2.00 bits per heavy atom. The lowest BCUT2D eigenvalue weighted by atomic mass is 10.7. The van der Waals surface area contributed by atoms with Gasteiger partial charge in [-0.1, -0.05) is 0 Å². The van der Waals surface area contributed by atoms with Crippen LogP contribution >= 0.6 is 0 Å². The van der Waals surface area contributed by atoms with Gasteiger partial charge in [0.25, 0.3) is 6.34 Å². The Labute approximate surface area is 42.6 Å². The van der Waals surface area contributed by atoms with Crippen molar-refractivity contribution in [2.24, 2.45) is 0 Å². The van der Waals surface area contributed by atoms with Gasteiger partial charge in [-0.2, -0.15) is 4.84 Å². The average Bonchev–Trinajstić information content (AvgIpc) is 2.14. The summed E-state index contributed by atoms with van der Waals surface area (Å²) in [5.74, 6) is 0. The zero-order chi connectivity index (χ0) is 5.11. The number of hydrogen-bond acceptors (Lipinski definition) is 2. The van der Waals surface area contributed by atoms with Crippen LogP contribution in [0.3, 0.4) is 0 Å². The molecule has 1 aliphatic rings. The summed E-state index contributed by atoms with van der Waals surface area (Å²) in [5.41, 5.74) is 2.62. The molecule has 0 atom stereocenters. The Morgan fingerprint density at radius 3 is 3.14 bits per heavy atom. The molecular weight excluding hydrogens is 92.1 g/mol. The van der Waals surface area contributed by atoms with Gasteiger partial charge in [-0.25, -0.2) is 4.58 Å². The van der Waals surface area contributed by atoms with Crippen molar-refractivity contribution in [2.45, 2.75) is 6.92 Å². The predicted octanol–water partition coefficient (Wildman–Crippen LogP) is -0.461. The van der Waals surface area contributed by atoms with Crippen LogP contribution in [0.2, 0.25) is 0 Å². The van der Waals surface area contributed by atoms with Crippen molar-refractivity contribution in [3.05, 3.63) is 0 Å². The molecule has 3 heteroatoms. The number of hydroxylamine groups is 1.